The summed E-state index contributed by atoms with van der Waals surface area (Å²) in [5.41, 5.74) is 8.56. The highest BCUT2D eigenvalue weighted by Gasteiger charge is 2.17. The molecule has 18 heavy (non-hydrogen) atoms. The second-order valence-corrected chi connectivity index (χ2v) is 4.50. The highest BCUT2D eigenvalue weighted by Crippen LogP contribution is 2.21. The molecule has 0 saturated heterocycles. The van der Waals surface area contributed by atoms with E-state index in [1.807, 2.05) is 30.0 Å². The summed E-state index contributed by atoms with van der Waals surface area (Å²) >= 11 is 0. The van der Waals surface area contributed by atoms with Crippen molar-refractivity contribution < 1.29 is 9.53 Å². The molecule has 1 aromatic carbocycles. The lowest BCUT2D eigenvalue weighted by atomic mass is 10.1. The fourth-order valence-corrected chi connectivity index (χ4v) is 2.17. The van der Waals surface area contributed by atoms with E-state index in [0.29, 0.717) is 26.3 Å². The second-order valence-electron chi connectivity index (χ2n) is 4.50. The molecule has 2 rings (SSSR count). The summed E-state index contributed by atoms with van der Waals surface area (Å²) in [6.45, 7) is 5.32. The van der Waals surface area contributed by atoms with Crippen molar-refractivity contribution in [3.63, 3.8) is 0 Å². The second kappa shape index (κ2) is 5.98. The Morgan fingerprint density at radius 2 is 2.17 bits per heavy atom. The molecular formula is C14H20N2O2. The summed E-state index contributed by atoms with van der Waals surface area (Å²) in [5.74, 6) is 0.0839. The van der Waals surface area contributed by atoms with Gasteiger partial charge in [0.05, 0.1) is 13.2 Å². The summed E-state index contributed by atoms with van der Waals surface area (Å²) in [4.78, 5) is 14.2. The molecular weight excluding hydrogens is 228 g/mol. The van der Waals surface area contributed by atoms with Crippen LogP contribution in [-0.2, 0) is 18.0 Å². The minimum absolute atomic E-state index is 0.0839. The lowest BCUT2D eigenvalue weighted by Gasteiger charge is -2.20. The molecule has 1 amide bonds. The van der Waals surface area contributed by atoms with Crippen LogP contribution in [0.1, 0.15) is 34.8 Å². The fourth-order valence-electron chi connectivity index (χ4n) is 2.17. The van der Waals surface area contributed by atoms with Gasteiger partial charge in [-0.3, -0.25) is 4.79 Å². The molecule has 1 aliphatic heterocycles. The van der Waals surface area contributed by atoms with Crippen LogP contribution in [0.25, 0.3) is 0 Å². The molecule has 0 atom stereocenters. The van der Waals surface area contributed by atoms with E-state index in [0.717, 1.165) is 24.1 Å². The fraction of sp³-hybridized carbons (Fsp3) is 0.500. The first kappa shape index (κ1) is 13.1. The Labute approximate surface area is 108 Å². The van der Waals surface area contributed by atoms with Gasteiger partial charge in [0.2, 0.25) is 0 Å². The molecule has 98 valence electrons. The summed E-state index contributed by atoms with van der Waals surface area (Å²) in [6.07, 6.45) is 0.841. The van der Waals surface area contributed by atoms with Crippen LogP contribution in [0, 0.1) is 0 Å². The number of carbonyl (C=O) groups excluding carboxylic acids is 1. The van der Waals surface area contributed by atoms with Gasteiger partial charge in [0.1, 0.15) is 0 Å². The van der Waals surface area contributed by atoms with E-state index in [1.165, 1.54) is 5.56 Å². The Hall–Kier alpha value is -1.39. The molecule has 2 N–H and O–H groups in total. The van der Waals surface area contributed by atoms with Gasteiger partial charge in [-0.15, -0.1) is 0 Å². The molecule has 0 aliphatic carbocycles. The average molecular weight is 248 g/mol. The van der Waals surface area contributed by atoms with Gasteiger partial charge >= 0.3 is 0 Å². The number of amides is 1. The number of nitrogens with zero attached hydrogens (tertiary/aromatic N) is 1. The van der Waals surface area contributed by atoms with Crippen LogP contribution in [-0.4, -0.2) is 30.4 Å². The summed E-state index contributed by atoms with van der Waals surface area (Å²) in [6, 6.07) is 5.84. The number of hydrogen-bond donors (Lipinski definition) is 1. The van der Waals surface area contributed by atoms with Crippen LogP contribution >= 0.6 is 0 Å². The Kier molecular flexibility index (Phi) is 4.33. The third-order valence-electron chi connectivity index (χ3n) is 3.27. The summed E-state index contributed by atoms with van der Waals surface area (Å²) in [7, 11) is 0. The Bertz CT molecular complexity index is 432. The highest BCUT2D eigenvalue weighted by atomic mass is 16.5. The molecule has 0 aromatic heterocycles. The number of benzene rings is 1. The number of ether oxygens (including phenoxy) is 1. The normalized spacial score (nSPS) is 13.4. The molecule has 0 unspecified atom stereocenters. The largest absolute Gasteiger partial charge is 0.372 e. The van der Waals surface area contributed by atoms with Crippen molar-refractivity contribution >= 4 is 5.91 Å². The first-order chi connectivity index (χ1) is 8.76. The SMILES string of the molecule is CCN(CCCN)C(=O)c1ccc2c(c1)COC2. The van der Waals surface area contributed by atoms with Gasteiger partial charge in [0.25, 0.3) is 5.91 Å². The minimum Gasteiger partial charge on any atom is -0.372 e. The summed E-state index contributed by atoms with van der Waals surface area (Å²) in [5, 5.41) is 0. The van der Waals surface area contributed by atoms with Crippen molar-refractivity contribution in [3.8, 4) is 0 Å². The van der Waals surface area contributed by atoms with E-state index in [9.17, 15) is 4.79 Å². The van der Waals surface area contributed by atoms with Crippen molar-refractivity contribution in [3.05, 3.63) is 34.9 Å². The van der Waals surface area contributed by atoms with Crippen LogP contribution in [0.2, 0.25) is 0 Å². The van der Waals surface area contributed by atoms with E-state index in [4.69, 9.17) is 10.5 Å². The summed E-state index contributed by atoms with van der Waals surface area (Å²) < 4.78 is 5.36. The standard InChI is InChI=1S/C14H20N2O2/c1-2-16(7-3-6-15)14(17)11-4-5-12-9-18-10-13(12)8-11/h4-5,8H,2-3,6-7,9-10,15H2,1H3. The maximum atomic E-state index is 12.3. The van der Waals surface area contributed by atoms with Gasteiger partial charge in [-0.1, -0.05) is 6.07 Å². The lowest BCUT2D eigenvalue weighted by molar-refractivity contribution is 0.0763. The van der Waals surface area contributed by atoms with Gasteiger partial charge in [-0.05, 0) is 43.1 Å². The van der Waals surface area contributed by atoms with Gasteiger partial charge in [0, 0.05) is 18.7 Å². The molecule has 1 heterocycles. The van der Waals surface area contributed by atoms with E-state index in [-0.39, 0.29) is 5.91 Å². The third kappa shape index (κ3) is 2.71. The zero-order valence-electron chi connectivity index (χ0n) is 10.8. The van der Waals surface area contributed by atoms with Gasteiger partial charge in [-0.2, -0.15) is 0 Å². The number of carbonyl (C=O) groups is 1. The zero-order chi connectivity index (χ0) is 13.0. The molecule has 1 aliphatic rings. The van der Waals surface area contributed by atoms with Crippen LogP contribution in [0.5, 0.6) is 0 Å². The van der Waals surface area contributed by atoms with Crippen LogP contribution < -0.4 is 5.73 Å². The Morgan fingerprint density at radius 3 is 2.89 bits per heavy atom. The number of nitrogens with two attached hydrogens (primary N) is 1. The van der Waals surface area contributed by atoms with Crippen molar-refractivity contribution in [2.45, 2.75) is 26.6 Å². The predicted molar refractivity (Wildman–Crippen MR) is 70.2 cm³/mol. The van der Waals surface area contributed by atoms with Gasteiger partial charge in [-0.25, -0.2) is 0 Å². The average Bonchev–Trinajstić information content (AvgIpc) is 2.86. The van der Waals surface area contributed by atoms with Crippen LogP contribution in [0.15, 0.2) is 18.2 Å². The Balaban J connectivity index is 2.12. The van der Waals surface area contributed by atoms with Crippen molar-refractivity contribution in [1.29, 1.82) is 0 Å². The highest BCUT2D eigenvalue weighted by molar-refractivity contribution is 5.94. The monoisotopic (exact) mass is 248 g/mol. The topological polar surface area (TPSA) is 55.6 Å². The first-order valence-corrected chi connectivity index (χ1v) is 6.45. The maximum absolute atomic E-state index is 12.3. The van der Waals surface area contributed by atoms with E-state index < -0.39 is 0 Å². The van der Waals surface area contributed by atoms with Crippen molar-refractivity contribution in [1.82, 2.24) is 4.90 Å². The molecule has 0 bridgehead atoms. The first-order valence-electron chi connectivity index (χ1n) is 6.45. The quantitative estimate of drug-likeness (QED) is 0.859. The van der Waals surface area contributed by atoms with Crippen LogP contribution in [0.3, 0.4) is 0 Å². The third-order valence-corrected chi connectivity index (χ3v) is 3.27. The molecule has 0 radical (unpaired) electrons. The molecule has 4 nitrogen and oxygen atoms in total. The van der Waals surface area contributed by atoms with Crippen LogP contribution in [0.4, 0.5) is 0 Å². The number of hydrogen-bond acceptors (Lipinski definition) is 3. The minimum atomic E-state index is 0.0839. The molecule has 0 spiro atoms. The Morgan fingerprint density at radius 1 is 1.39 bits per heavy atom. The lowest BCUT2D eigenvalue weighted by Crippen LogP contribution is -2.32. The molecule has 1 aromatic rings. The smallest absolute Gasteiger partial charge is 0.253 e. The number of rotatable bonds is 5. The number of fused-ring (bicyclic) bond motifs is 1. The van der Waals surface area contributed by atoms with Crippen molar-refractivity contribution in [2.24, 2.45) is 5.73 Å². The van der Waals surface area contributed by atoms with Gasteiger partial charge < -0.3 is 15.4 Å². The van der Waals surface area contributed by atoms with E-state index >= 15 is 0 Å². The maximum Gasteiger partial charge on any atom is 0.253 e. The molecule has 0 fully saturated rings. The van der Waals surface area contributed by atoms with E-state index in [1.54, 1.807) is 0 Å². The van der Waals surface area contributed by atoms with E-state index in [2.05, 4.69) is 0 Å². The van der Waals surface area contributed by atoms with Gasteiger partial charge in [0.15, 0.2) is 0 Å². The molecule has 4 heteroatoms. The zero-order valence-corrected chi connectivity index (χ0v) is 10.8. The molecule has 0 saturated carbocycles. The predicted octanol–water partition coefficient (Wildman–Crippen LogP) is 1.53. The van der Waals surface area contributed by atoms with Crippen molar-refractivity contribution in [2.75, 3.05) is 19.6 Å².